The first-order chi connectivity index (χ1) is 8.26. The van der Waals surface area contributed by atoms with Crippen LogP contribution in [0.4, 0.5) is 0 Å². The summed E-state index contributed by atoms with van der Waals surface area (Å²) in [5.74, 6) is 0.0634. The lowest BCUT2D eigenvalue weighted by molar-refractivity contribution is 0.0499. The number of nitrogens with zero attached hydrogens (tertiary/aromatic N) is 1. The van der Waals surface area contributed by atoms with Crippen LogP contribution in [0.1, 0.15) is 46.5 Å². The molecule has 1 saturated carbocycles. The van der Waals surface area contributed by atoms with Crippen LogP contribution in [-0.4, -0.2) is 42.5 Å². The molecule has 0 aromatic rings. The standard InChI is InChI=1S/C12H23NO4S/c1-12(2,3)18(15,16)9-8-17-11-6-4-10(13-14)5-7-11/h11,14H,4-9H2,1-3H3. The quantitative estimate of drug-likeness (QED) is 0.630. The summed E-state index contributed by atoms with van der Waals surface area (Å²) in [5.41, 5.74) is 0.803. The Bertz CT molecular complexity index is 385. The molecule has 0 aromatic heterocycles. The van der Waals surface area contributed by atoms with Crippen molar-refractivity contribution in [2.24, 2.45) is 5.16 Å². The summed E-state index contributed by atoms with van der Waals surface area (Å²) in [5, 5.41) is 11.8. The van der Waals surface area contributed by atoms with E-state index in [1.165, 1.54) is 0 Å². The van der Waals surface area contributed by atoms with Crippen molar-refractivity contribution >= 4 is 15.5 Å². The lowest BCUT2D eigenvalue weighted by atomic mass is 9.96. The van der Waals surface area contributed by atoms with Gasteiger partial charge in [0.15, 0.2) is 9.84 Å². The highest BCUT2D eigenvalue weighted by Gasteiger charge is 2.29. The predicted molar refractivity (Wildman–Crippen MR) is 71.0 cm³/mol. The minimum absolute atomic E-state index is 0.0634. The Kier molecular flexibility index (Phi) is 5.16. The summed E-state index contributed by atoms with van der Waals surface area (Å²) in [6, 6.07) is 0. The maximum absolute atomic E-state index is 11.9. The van der Waals surface area contributed by atoms with Crippen LogP contribution in [0, 0.1) is 0 Å². The van der Waals surface area contributed by atoms with Crippen LogP contribution in [-0.2, 0) is 14.6 Å². The molecule has 0 unspecified atom stereocenters. The molecule has 0 radical (unpaired) electrons. The largest absolute Gasteiger partial charge is 0.411 e. The van der Waals surface area contributed by atoms with E-state index in [1.54, 1.807) is 20.8 Å². The number of sulfone groups is 1. The van der Waals surface area contributed by atoms with Crippen molar-refractivity contribution in [1.82, 2.24) is 0 Å². The third-order valence-corrected chi connectivity index (χ3v) is 5.86. The topological polar surface area (TPSA) is 76.0 Å². The average Bonchev–Trinajstić information content (AvgIpc) is 2.28. The molecule has 5 nitrogen and oxygen atoms in total. The van der Waals surface area contributed by atoms with E-state index >= 15 is 0 Å². The van der Waals surface area contributed by atoms with Crippen LogP contribution in [0.5, 0.6) is 0 Å². The van der Waals surface area contributed by atoms with Gasteiger partial charge in [-0.25, -0.2) is 8.42 Å². The molecule has 0 bridgehead atoms. The predicted octanol–water partition coefficient (Wildman–Crippen LogP) is 1.99. The molecule has 0 atom stereocenters. The second-order valence-corrected chi connectivity index (χ2v) is 8.53. The van der Waals surface area contributed by atoms with E-state index in [1.807, 2.05) is 0 Å². The molecule has 0 aromatic carbocycles. The van der Waals surface area contributed by atoms with Crippen molar-refractivity contribution in [2.45, 2.75) is 57.3 Å². The molecule has 18 heavy (non-hydrogen) atoms. The van der Waals surface area contributed by atoms with Crippen molar-refractivity contribution in [3.05, 3.63) is 0 Å². The number of ether oxygens (including phenoxy) is 1. The molecule has 1 fully saturated rings. The van der Waals surface area contributed by atoms with E-state index in [0.717, 1.165) is 31.4 Å². The first-order valence-electron chi connectivity index (χ1n) is 6.30. The SMILES string of the molecule is CC(C)(C)S(=O)(=O)CCOC1CCC(=NO)CC1. The van der Waals surface area contributed by atoms with E-state index in [9.17, 15) is 8.42 Å². The Hall–Kier alpha value is -0.620. The minimum atomic E-state index is -3.10. The summed E-state index contributed by atoms with van der Waals surface area (Å²) >= 11 is 0. The zero-order valence-corrected chi connectivity index (χ0v) is 12.2. The third kappa shape index (κ3) is 4.24. The summed E-state index contributed by atoms with van der Waals surface area (Å²) in [6.07, 6.45) is 3.15. The Labute approximate surface area is 109 Å². The van der Waals surface area contributed by atoms with Gasteiger partial charge in [-0.1, -0.05) is 5.16 Å². The first-order valence-corrected chi connectivity index (χ1v) is 7.95. The molecule has 0 aliphatic heterocycles. The van der Waals surface area contributed by atoms with E-state index in [2.05, 4.69) is 5.16 Å². The van der Waals surface area contributed by atoms with Crippen LogP contribution in [0.2, 0.25) is 0 Å². The summed E-state index contributed by atoms with van der Waals surface area (Å²) in [4.78, 5) is 0. The number of oxime groups is 1. The molecule has 106 valence electrons. The third-order valence-electron chi connectivity index (χ3n) is 3.29. The Morgan fingerprint density at radius 1 is 1.33 bits per heavy atom. The molecular formula is C12H23NO4S. The van der Waals surface area contributed by atoms with Gasteiger partial charge in [-0.3, -0.25) is 0 Å². The Morgan fingerprint density at radius 2 is 1.89 bits per heavy atom. The van der Waals surface area contributed by atoms with Crippen molar-refractivity contribution in [1.29, 1.82) is 0 Å². The summed E-state index contributed by atoms with van der Waals surface area (Å²) < 4.78 is 28.6. The van der Waals surface area contributed by atoms with Gasteiger partial charge < -0.3 is 9.94 Å². The lowest BCUT2D eigenvalue weighted by Gasteiger charge is -2.24. The summed E-state index contributed by atoms with van der Waals surface area (Å²) in [6.45, 7) is 5.35. The van der Waals surface area contributed by atoms with E-state index in [0.29, 0.717) is 0 Å². The van der Waals surface area contributed by atoms with Gasteiger partial charge in [0.05, 0.1) is 28.9 Å². The number of rotatable bonds is 4. The maximum atomic E-state index is 11.9. The molecule has 0 saturated heterocycles. The number of hydrogen-bond donors (Lipinski definition) is 1. The second-order valence-electron chi connectivity index (χ2n) is 5.67. The van der Waals surface area contributed by atoms with Gasteiger partial charge in [-0.2, -0.15) is 0 Å². The van der Waals surface area contributed by atoms with E-state index in [-0.39, 0.29) is 18.5 Å². The molecule has 1 aliphatic carbocycles. The normalized spacial score (nSPS) is 21.9. The molecule has 0 heterocycles. The fraction of sp³-hybridized carbons (Fsp3) is 0.917. The fourth-order valence-electron chi connectivity index (χ4n) is 1.82. The van der Waals surface area contributed by atoms with Crippen LogP contribution >= 0.6 is 0 Å². The molecule has 0 amide bonds. The highest BCUT2D eigenvalue weighted by atomic mass is 32.2. The van der Waals surface area contributed by atoms with Gasteiger partial charge in [0.25, 0.3) is 0 Å². The van der Waals surface area contributed by atoms with Gasteiger partial charge >= 0.3 is 0 Å². The van der Waals surface area contributed by atoms with Gasteiger partial charge in [0.2, 0.25) is 0 Å². The van der Waals surface area contributed by atoms with Crippen molar-refractivity contribution in [2.75, 3.05) is 12.4 Å². The minimum Gasteiger partial charge on any atom is -0.411 e. The lowest BCUT2D eigenvalue weighted by Crippen LogP contribution is -2.33. The van der Waals surface area contributed by atoms with Crippen molar-refractivity contribution in [3.63, 3.8) is 0 Å². The average molecular weight is 277 g/mol. The highest BCUT2D eigenvalue weighted by Crippen LogP contribution is 2.20. The number of hydrogen-bond acceptors (Lipinski definition) is 5. The highest BCUT2D eigenvalue weighted by molar-refractivity contribution is 7.92. The molecule has 1 rings (SSSR count). The van der Waals surface area contributed by atoms with Crippen molar-refractivity contribution in [3.8, 4) is 0 Å². The van der Waals surface area contributed by atoms with Gasteiger partial charge in [0.1, 0.15) is 0 Å². The first kappa shape index (κ1) is 15.4. The van der Waals surface area contributed by atoms with Crippen LogP contribution in [0.15, 0.2) is 5.16 Å². The van der Waals surface area contributed by atoms with E-state index < -0.39 is 14.6 Å². The zero-order valence-electron chi connectivity index (χ0n) is 11.3. The van der Waals surface area contributed by atoms with Gasteiger partial charge in [-0.15, -0.1) is 0 Å². The van der Waals surface area contributed by atoms with Crippen LogP contribution in [0.25, 0.3) is 0 Å². The molecule has 1 aliphatic rings. The zero-order chi connectivity index (χ0) is 13.8. The molecule has 1 N–H and O–H groups in total. The Balaban J connectivity index is 2.32. The monoisotopic (exact) mass is 277 g/mol. The van der Waals surface area contributed by atoms with E-state index in [4.69, 9.17) is 9.94 Å². The molecule has 6 heteroatoms. The summed E-state index contributed by atoms with van der Waals surface area (Å²) in [7, 11) is -3.10. The maximum Gasteiger partial charge on any atom is 0.157 e. The second kappa shape index (κ2) is 6.02. The van der Waals surface area contributed by atoms with Crippen LogP contribution < -0.4 is 0 Å². The van der Waals surface area contributed by atoms with Gasteiger partial charge in [0, 0.05) is 0 Å². The van der Waals surface area contributed by atoms with Crippen molar-refractivity contribution < 1.29 is 18.4 Å². The van der Waals surface area contributed by atoms with Crippen LogP contribution in [0.3, 0.4) is 0 Å². The Morgan fingerprint density at radius 3 is 2.33 bits per heavy atom. The molecular weight excluding hydrogens is 254 g/mol. The fourth-order valence-corrected chi connectivity index (χ4v) is 2.75. The van der Waals surface area contributed by atoms with Gasteiger partial charge in [-0.05, 0) is 46.5 Å². The smallest absolute Gasteiger partial charge is 0.157 e. The molecule has 0 spiro atoms.